The van der Waals surface area contributed by atoms with Gasteiger partial charge < -0.3 is 5.32 Å². The standard InChI is InChI=1S/C16H23ClFNO/c1-15(2,3)10-16(4,5)19-14(20)8-11-6-7-12(17)9-13(11)18/h6-7,9H,8,10H2,1-5H3,(H,19,20). The first-order valence-electron chi connectivity index (χ1n) is 6.73. The quantitative estimate of drug-likeness (QED) is 0.879. The lowest BCUT2D eigenvalue weighted by Gasteiger charge is -2.33. The molecular weight excluding hydrogens is 277 g/mol. The predicted octanol–water partition coefficient (Wildman–Crippen LogP) is 4.35. The van der Waals surface area contributed by atoms with E-state index in [2.05, 4.69) is 26.1 Å². The largest absolute Gasteiger partial charge is 0.351 e. The third kappa shape index (κ3) is 5.91. The minimum atomic E-state index is -0.443. The van der Waals surface area contributed by atoms with Crippen molar-refractivity contribution in [1.29, 1.82) is 0 Å². The molecule has 1 aromatic carbocycles. The number of amides is 1. The number of benzene rings is 1. The van der Waals surface area contributed by atoms with Gasteiger partial charge in [0.05, 0.1) is 6.42 Å². The maximum absolute atomic E-state index is 13.7. The van der Waals surface area contributed by atoms with Crippen LogP contribution in [0.2, 0.25) is 5.02 Å². The number of nitrogens with one attached hydrogen (secondary N) is 1. The smallest absolute Gasteiger partial charge is 0.224 e. The molecule has 4 heteroatoms. The Morgan fingerprint density at radius 1 is 1.25 bits per heavy atom. The third-order valence-corrected chi connectivity index (χ3v) is 3.05. The molecule has 0 aliphatic rings. The molecule has 20 heavy (non-hydrogen) atoms. The topological polar surface area (TPSA) is 29.1 Å². The highest BCUT2D eigenvalue weighted by molar-refractivity contribution is 6.30. The summed E-state index contributed by atoms with van der Waals surface area (Å²) in [4.78, 5) is 12.0. The van der Waals surface area contributed by atoms with Gasteiger partial charge in [-0.3, -0.25) is 4.79 Å². The molecule has 0 aliphatic heterocycles. The summed E-state index contributed by atoms with van der Waals surface area (Å²) in [6.07, 6.45) is 0.866. The van der Waals surface area contributed by atoms with Crippen LogP contribution in [0.1, 0.15) is 46.6 Å². The summed E-state index contributed by atoms with van der Waals surface area (Å²) in [5.41, 5.74) is 0.152. The van der Waals surface area contributed by atoms with E-state index in [-0.39, 0.29) is 23.3 Å². The van der Waals surface area contributed by atoms with Crippen LogP contribution in [-0.2, 0) is 11.2 Å². The molecule has 0 aliphatic carbocycles. The van der Waals surface area contributed by atoms with Crippen LogP contribution < -0.4 is 5.32 Å². The lowest BCUT2D eigenvalue weighted by Crippen LogP contribution is -2.46. The van der Waals surface area contributed by atoms with Crippen molar-refractivity contribution < 1.29 is 9.18 Å². The summed E-state index contributed by atoms with van der Waals surface area (Å²) < 4.78 is 13.7. The second kappa shape index (κ2) is 6.13. The van der Waals surface area contributed by atoms with Crippen LogP contribution in [0.3, 0.4) is 0 Å². The Labute approximate surface area is 125 Å². The number of rotatable bonds is 4. The maximum atomic E-state index is 13.7. The summed E-state index contributed by atoms with van der Waals surface area (Å²) in [5, 5.41) is 3.30. The van der Waals surface area contributed by atoms with Crippen molar-refractivity contribution in [2.75, 3.05) is 0 Å². The molecule has 2 nitrogen and oxygen atoms in total. The van der Waals surface area contributed by atoms with Crippen LogP contribution in [0.15, 0.2) is 18.2 Å². The van der Waals surface area contributed by atoms with E-state index in [0.717, 1.165) is 6.42 Å². The number of halogens is 2. The number of hydrogen-bond donors (Lipinski definition) is 1. The summed E-state index contributed by atoms with van der Waals surface area (Å²) in [6, 6.07) is 4.37. The van der Waals surface area contributed by atoms with Gasteiger partial charge in [0.2, 0.25) is 5.91 Å². The Kier molecular flexibility index (Phi) is 5.20. The minimum Gasteiger partial charge on any atom is -0.351 e. The van der Waals surface area contributed by atoms with Crippen molar-refractivity contribution in [2.24, 2.45) is 5.41 Å². The lowest BCUT2D eigenvalue weighted by atomic mass is 9.81. The molecule has 1 aromatic rings. The SMILES string of the molecule is CC(C)(C)CC(C)(C)NC(=O)Cc1ccc(Cl)cc1F. The highest BCUT2D eigenvalue weighted by Gasteiger charge is 2.27. The Bertz CT molecular complexity index is 492. The summed E-state index contributed by atoms with van der Waals surface area (Å²) in [7, 11) is 0. The normalized spacial score (nSPS) is 12.3. The molecule has 0 saturated carbocycles. The molecule has 0 radical (unpaired) electrons. The number of carbonyl (C=O) groups excluding carboxylic acids is 1. The molecule has 0 unspecified atom stereocenters. The Morgan fingerprint density at radius 2 is 1.85 bits per heavy atom. The van der Waals surface area contributed by atoms with Gasteiger partial charge in [-0.15, -0.1) is 0 Å². The van der Waals surface area contributed by atoms with Crippen molar-refractivity contribution >= 4 is 17.5 Å². The van der Waals surface area contributed by atoms with Gasteiger partial charge in [0, 0.05) is 10.6 Å². The molecule has 0 aromatic heterocycles. The second-order valence-electron chi connectivity index (χ2n) is 7.08. The molecule has 0 spiro atoms. The summed E-state index contributed by atoms with van der Waals surface area (Å²) >= 11 is 5.69. The lowest BCUT2D eigenvalue weighted by molar-refractivity contribution is -0.122. The van der Waals surface area contributed by atoms with Crippen LogP contribution in [0.5, 0.6) is 0 Å². The Morgan fingerprint density at radius 3 is 2.35 bits per heavy atom. The average molecular weight is 300 g/mol. The number of hydrogen-bond acceptors (Lipinski definition) is 1. The van der Waals surface area contributed by atoms with Crippen molar-refractivity contribution in [3.05, 3.63) is 34.6 Å². The average Bonchev–Trinajstić information content (AvgIpc) is 2.17. The van der Waals surface area contributed by atoms with E-state index in [1.54, 1.807) is 12.1 Å². The van der Waals surface area contributed by atoms with E-state index >= 15 is 0 Å². The molecule has 112 valence electrons. The molecule has 0 fully saturated rings. The van der Waals surface area contributed by atoms with Gasteiger partial charge in [-0.2, -0.15) is 0 Å². The highest BCUT2D eigenvalue weighted by Crippen LogP contribution is 2.27. The van der Waals surface area contributed by atoms with E-state index in [0.29, 0.717) is 10.6 Å². The van der Waals surface area contributed by atoms with Crippen molar-refractivity contribution in [3.63, 3.8) is 0 Å². The first-order chi connectivity index (χ1) is 8.98. The van der Waals surface area contributed by atoms with Crippen LogP contribution in [0, 0.1) is 11.2 Å². The van der Waals surface area contributed by atoms with E-state index in [1.807, 2.05) is 13.8 Å². The van der Waals surface area contributed by atoms with Crippen LogP contribution >= 0.6 is 11.6 Å². The first-order valence-corrected chi connectivity index (χ1v) is 7.11. The summed E-state index contributed by atoms with van der Waals surface area (Å²) in [6.45, 7) is 10.3. The fourth-order valence-corrected chi connectivity index (χ4v) is 2.79. The molecule has 0 bridgehead atoms. The monoisotopic (exact) mass is 299 g/mol. The van der Waals surface area contributed by atoms with E-state index in [9.17, 15) is 9.18 Å². The second-order valence-corrected chi connectivity index (χ2v) is 7.52. The van der Waals surface area contributed by atoms with Gasteiger partial charge in [0.1, 0.15) is 5.82 Å². The van der Waals surface area contributed by atoms with Crippen molar-refractivity contribution in [3.8, 4) is 0 Å². The first kappa shape index (κ1) is 17.0. The molecule has 1 amide bonds. The zero-order chi connectivity index (χ0) is 15.6. The summed E-state index contributed by atoms with van der Waals surface area (Å²) in [5.74, 6) is -0.623. The Balaban J connectivity index is 2.68. The van der Waals surface area contributed by atoms with Crippen molar-refractivity contribution in [2.45, 2.75) is 53.0 Å². The predicted molar refractivity (Wildman–Crippen MR) is 81.4 cm³/mol. The van der Waals surface area contributed by atoms with Gasteiger partial charge in [-0.25, -0.2) is 4.39 Å². The third-order valence-electron chi connectivity index (χ3n) is 2.82. The van der Waals surface area contributed by atoms with Crippen molar-refractivity contribution in [1.82, 2.24) is 5.32 Å². The van der Waals surface area contributed by atoms with Gasteiger partial charge in [-0.05, 0) is 43.4 Å². The fourth-order valence-electron chi connectivity index (χ4n) is 2.63. The van der Waals surface area contributed by atoms with E-state index in [4.69, 9.17) is 11.6 Å². The maximum Gasteiger partial charge on any atom is 0.224 e. The van der Waals surface area contributed by atoms with Crippen LogP contribution in [-0.4, -0.2) is 11.4 Å². The minimum absolute atomic E-state index is 0.0244. The molecule has 1 rings (SSSR count). The number of carbonyl (C=O) groups is 1. The van der Waals surface area contributed by atoms with Crippen LogP contribution in [0.4, 0.5) is 4.39 Å². The molecule has 1 N–H and O–H groups in total. The van der Waals surface area contributed by atoms with Gasteiger partial charge in [0.25, 0.3) is 0 Å². The molecule has 0 heterocycles. The molecular formula is C16H23ClFNO. The van der Waals surface area contributed by atoms with Gasteiger partial charge in [-0.1, -0.05) is 38.4 Å². The van der Waals surface area contributed by atoms with E-state index in [1.165, 1.54) is 6.07 Å². The highest BCUT2D eigenvalue weighted by atomic mass is 35.5. The zero-order valence-corrected chi connectivity index (χ0v) is 13.6. The zero-order valence-electron chi connectivity index (χ0n) is 12.8. The van der Waals surface area contributed by atoms with E-state index < -0.39 is 5.82 Å². The van der Waals surface area contributed by atoms with Crippen LogP contribution in [0.25, 0.3) is 0 Å². The van der Waals surface area contributed by atoms with Gasteiger partial charge >= 0.3 is 0 Å². The fraction of sp³-hybridized carbons (Fsp3) is 0.562. The van der Waals surface area contributed by atoms with Gasteiger partial charge in [0.15, 0.2) is 0 Å². The molecule has 0 atom stereocenters. The molecule has 0 saturated heterocycles. The Hall–Kier alpha value is -1.09.